The number of aromatic nitrogens is 3. The number of hydrogen-bond acceptors (Lipinski definition) is 6. The van der Waals surface area contributed by atoms with Gasteiger partial charge in [0.25, 0.3) is 5.91 Å². The number of halogens is 1. The summed E-state index contributed by atoms with van der Waals surface area (Å²) in [5.74, 6) is 0.336. The molecule has 1 aliphatic heterocycles. The van der Waals surface area contributed by atoms with Crippen molar-refractivity contribution in [3.05, 3.63) is 71.1 Å². The standard InChI is InChI=1S/C22H22ClN5O3/c1-2-31-22(30)16-6-7-20(24-13-16)26-8-10-27(11-9-26)21(29)17-14-25-28(15-17)19-5-3-4-18(23)12-19/h3-7,12-15H,2,8-11H2,1H3. The summed E-state index contributed by atoms with van der Waals surface area (Å²) >= 11 is 6.04. The number of amides is 1. The Kier molecular flexibility index (Phi) is 6.18. The Hall–Kier alpha value is -3.39. The van der Waals surface area contributed by atoms with Crippen molar-refractivity contribution < 1.29 is 14.3 Å². The van der Waals surface area contributed by atoms with Gasteiger partial charge in [-0.3, -0.25) is 4.79 Å². The first-order valence-corrected chi connectivity index (χ1v) is 10.4. The predicted octanol–water partition coefficient (Wildman–Crippen LogP) is 3.06. The minimum Gasteiger partial charge on any atom is -0.462 e. The summed E-state index contributed by atoms with van der Waals surface area (Å²) in [6.07, 6.45) is 4.82. The summed E-state index contributed by atoms with van der Waals surface area (Å²) in [6, 6.07) is 10.8. The third kappa shape index (κ3) is 4.69. The van der Waals surface area contributed by atoms with E-state index in [1.807, 2.05) is 17.0 Å². The normalized spacial score (nSPS) is 13.9. The highest BCUT2D eigenvalue weighted by atomic mass is 35.5. The third-order valence-corrected chi connectivity index (χ3v) is 5.29. The van der Waals surface area contributed by atoms with Crippen LogP contribution in [0.3, 0.4) is 0 Å². The van der Waals surface area contributed by atoms with Crippen LogP contribution in [-0.2, 0) is 4.74 Å². The Morgan fingerprint density at radius 3 is 2.55 bits per heavy atom. The van der Waals surface area contributed by atoms with Crippen molar-refractivity contribution in [3.8, 4) is 5.69 Å². The van der Waals surface area contributed by atoms with Crippen LogP contribution < -0.4 is 4.90 Å². The van der Waals surface area contributed by atoms with Crippen molar-refractivity contribution >= 4 is 29.3 Å². The van der Waals surface area contributed by atoms with Gasteiger partial charge in [0.05, 0.1) is 29.6 Å². The maximum atomic E-state index is 12.9. The van der Waals surface area contributed by atoms with E-state index < -0.39 is 0 Å². The lowest BCUT2D eigenvalue weighted by atomic mass is 10.2. The Bertz CT molecular complexity index is 1070. The lowest BCUT2D eigenvalue weighted by molar-refractivity contribution is 0.0525. The van der Waals surface area contributed by atoms with Crippen molar-refractivity contribution in [2.75, 3.05) is 37.7 Å². The Morgan fingerprint density at radius 2 is 1.87 bits per heavy atom. The summed E-state index contributed by atoms with van der Waals surface area (Å²) in [7, 11) is 0. The van der Waals surface area contributed by atoms with E-state index in [-0.39, 0.29) is 11.9 Å². The highest BCUT2D eigenvalue weighted by Crippen LogP contribution is 2.18. The topological polar surface area (TPSA) is 80.6 Å². The Labute approximate surface area is 185 Å². The molecule has 1 aromatic carbocycles. The van der Waals surface area contributed by atoms with Crippen molar-refractivity contribution in [1.29, 1.82) is 0 Å². The first kappa shape index (κ1) is 20.9. The molecule has 2 aromatic heterocycles. The quantitative estimate of drug-likeness (QED) is 0.568. The van der Waals surface area contributed by atoms with Crippen molar-refractivity contribution in [1.82, 2.24) is 19.7 Å². The first-order chi connectivity index (χ1) is 15.0. The van der Waals surface area contributed by atoms with Gasteiger partial charge in [0.1, 0.15) is 5.82 Å². The molecule has 1 amide bonds. The molecule has 31 heavy (non-hydrogen) atoms. The number of benzene rings is 1. The molecule has 1 saturated heterocycles. The van der Waals surface area contributed by atoms with Crippen LogP contribution in [0.4, 0.5) is 5.82 Å². The average molecular weight is 440 g/mol. The molecule has 3 aromatic rings. The molecule has 9 heteroatoms. The number of anilines is 1. The van der Waals surface area contributed by atoms with Crippen LogP contribution in [0.5, 0.6) is 0 Å². The van der Waals surface area contributed by atoms with Gasteiger partial charge < -0.3 is 14.5 Å². The van der Waals surface area contributed by atoms with Gasteiger partial charge in [0.2, 0.25) is 0 Å². The highest BCUT2D eigenvalue weighted by Gasteiger charge is 2.24. The van der Waals surface area contributed by atoms with E-state index in [1.54, 1.807) is 48.3 Å². The van der Waals surface area contributed by atoms with Crippen LogP contribution in [-0.4, -0.2) is 64.3 Å². The van der Waals surface area contributed by atoms with E-state index in [4.69, 9.17) is 16.3 Å². The van der Waals surface area contributed by atoms with E-state index in [2.05, 4.69) is 15.0 Å². The number of carbonyl (C=O) groups is 2. The molecule has 0 atom stereocenters. The maximum absolute atomic E-state index is 12.9. The molecular formula is C22H22ClN5O3. The maximum Gasteiger partial charge on any atom is 0.339 e. The number of esters is 1. The molecule has 4 rings (SSSR count). The summed E-state index contributed by atoms with van der Waals surface area (Å²) in [5, 5.41) is 4.91. The fourth-order valence-corrected chi connectivity index (χ4v) is 3.61. The molecule has 8 nitrogen and oxygen atoms in total. The van der Waals surface area contributed by atoms with Crippen LogP contribution in [0.25, 0.3) is 5.69 Å². The van der Waals surface area contributed by atoms with Gasteiger partial charge >= 0.3 is 5.97 Å². The van der Waals surface area contributed by atoms with E-state index in [0.717, 1.165) is 11.5 Å². The number of pyridine rings is 1. The molecule has 3 heterocycles. The summed E-state index contributed by atoms with van der Waals surface area (Å²) < 4.78 is 6.62. The predicted molar refractivity (Wildman–Crippen MR) is 117 cm³/mol. The smallest absolute Gasteiger partial charge is 0.339 e. The summed E-state index contributed by atoms with van der Waals surface area (Å²) in [5.41, 5.74) is 1.76. The van der Waals surface area contributed by atoms with Gasteiger partial charge in [-0.1, -0.05) is 17.7 Å². The number of nitrogens with zero attached hydrogens (tertiary/aromatic N) is 5. The second kappa shape index (κ2) is 9.18. The van der Waals surface area contributed by atoms with Crippen LogP contribution >= 0.6 is 11.6 Å². The molecule has 0 unspecified atom stereocenters. The molecule has 0 N–H and O–H groups in total. The van der Waals surface area contributed by atoms with Gasteiger partial charge in [0.15, 0.2) is 0 Å². The van der Waals surface area contributed by atoms with Crippen LogP contribution in [0.2, 0.25) is 5.02 Å². The van der Waals surface area contributed by atoms with Gasteiger partial charge in [-0.15, -0.1) is 0 Å². The van der Waals surface area contributed by atoms with Gasteiger partial charge in [-0.25, -0.2) is 14.5 Å². The van der Waals surface area contributed by atoms with E-state index in [1.165, 1.54) is 6.20 Å². The minimum absolute atomic E-state index is 0.0569. The van der Waals surface area contributed by atoms with E-state index >= 15 is 0 Å². The van der Waals surface area contributed by atoms with Crippen molar-refractivity contribution in [3.63, 3.8) is 0 Å². The van der Waals surface area contributed by atoms with Gasteiger partial charge in [-0.2, -0.15) is 5.10 Å². The van der Waals surface area contributed by atoms with E-state index in [0.29, 0.717) is 48.9 Å². The van der Waals surface area contributed by atoms with Gasteiger partial charge in [0, 0.05) is 43.6 Å². The molecule has 0 aliphatic carbocycles. The first-order valence-electron chi connectivity index (χ1n) is 10.0. The Morgan fingerprint density at radius 1 is 1.06 bits per heavy atom. The largest absolute Gasteiger partial charge is 0.462 e. The number of ether oxygens (including phenoxy) is 1. The SMILES string of the molecule is CCOC(=O)c1ccc(N2CCN(C(=O)c3cnn(-c4cccc(Cl)c4)c3)CC2)nc1. The molecule has 0 bridgehead atoms. The minimum atomic E-state index is -0.379. The second-order valence-corrected chi connectivity index (χ2v) is 7.49. The van der Waals surface area contributed by atoms with Crippen LogP contribution in [0, 0.1) is 0 Å². The zero-order chi connectivity index (χ0) is 21.8. The number of piperazine rings is 1. The van der Waals surface area contributed by atoms with Crippen molar-refractivity contribution in [2.24, 2.45) is 0 Å². The zero-order valence-corrected chi connectivity index (χ0v) is 17.8. The van der Waals surface area contributed by atoms with Crippen molar-refractivity contribution in [2.45, 2.75) is 6.92 Å². The number of hydrogen-bond donors (Lipinski definition) is 0. The lowest BCUT2D eigenvalue weighted by Gasteiger charge is -2.35. The fraction of sp³-hybridized carbons (Fsp3) is 0.273. The molecular weight excluding hydrogens is 418 g/mol. The molecule has 160 valence electrons. The van der Waals surface area contributed by atoms with E-state index in [9.17, 15) is 9.59 Å². The second-order valence-electron chi connectivity index (χ2n) is 7.06. The number of carbonyl (C=O) groups excluding carboxylic acids is 2. The van der Waals surface area contributed by atoms with Crippen LogP contribution in [0.1, 0.15) is 27.6 Å². The summed E-state index contributed by atoms with van der Waals surface area (Å²) in [6.45, 7) is 4.54. The molecule has 0 saturated carbocycles. The van der Waals surface area contributed by atoms with Crippen LogP contribution in [0.15, 0.2) is 55.0 Å². The molecule has 1 fully saturated rings. The monoisotopic (exact) mass is 439 g/mol. The number of rotatable bonds is 5. The fourth-order valence-electron chi connectivity index (χ4n) is 3.42. The molecule has 0 radical (unpaired) electrons. The average Bonchev–Trinajstić information content (AvgIpc) is 3.29. The summed E-state index contributed by atoms with van der Waals surface area (Å²) in [4.78, 5) is 32.9. The Balaban J connectivity index is 1.36. The lowest BCUT2D eigenvalue weighted by Crippen LogP contribution is -2.49. The molecule has 0 spiro atoms. The zero-order valence-electron chi connectivity index (χ0n) is 17.1. The highest BCUT2D eigenvalue weighted by molar-refractivity contribution is 6.30. The van der Waals surface area contributed by atoms with Gasteiger partial charge in [-0.05, 0) is 37.3 Å². The molecule has 1 aliphatic rings. The third-order valence-electron chi connectivity index (χ3n) is 5.05.